The molecule has 0 fully saturated rings. The lowest BCUT2D eigenvalue weighted by Gasteiger charge is -2.18. The molecule has 0 saturated carbocycles. The highest BCUT2D eigenvalue weighted by Gasteiger charge is 2.09. The van der Waals surface area contributed by atoms with Crippen LogP contribution in [0.25, 0.3) is 0 Å². The van der Waals surface area contributed by atoms with Crippen molar-refractivity contribution in [1.82, 2.24) is 10.2 Å². The second-order valence-corrected chi connectivity index (χ2v) is 5.82. The van der Waals surface area contributed by atoms with Crippen LogP contribution in [0.2, 0.25) is 0 Å². The molecule has 0 radical (unpaired) electrons. The molecular weight excluding hydrogens is 292 g/mol. The first-order valence-electron chi connectivity index (χ1n) is 8.09. The van der Waals surface area contributed by atoms with Crippen LogP contribution >= 0.6 is 0 Å². The average molecular weight is 320 g/mol. The fourth-order valence-electron chi connectivity index (χ4n) is 2.32. The molecule has 1 N–H and O–H groups in total. The molecule has 2 amide bonds. The Bertz CT molecular complexity index is 509. The Morgan fingerprint density at radius 3 is 2.43 bits per heavy atom. The largest absolute Gasteiger partial charge is 0.493 e. The molecule has 0 unspecified atom stereocenters. The van der Waals surface area contributed by atoms with Crippen LogP contribution in [0.3, 0.4) is 0 Å². The molecule has 0 bridgehead atoms. The van der Waals surface area contributed by atoms with E-state index in [0.717, 1.165) is 23.3 Å². The summed E-state index contributed by atoms with van der Waals surface area (Å²) in [5.41, 5.74) is 2.26. The van der Waals surface area contributed by atoms with E-state index in [4.69, 9.17) is 4.74 Å². The molecule has 0 heterocycles. The molecule has 128 valence electrons. The molecule has 0 spiro atoms. The van der Waals surface area contributed by atoms with Crippen molar-refractivity contribution in [3.63, 3.8) is 0 Å². The Morgan fingerprint density at radius 2 is 1.83 bits per heavy atom. The SMILES string of the molecule is CC(=O)NCCCC(=O)N(C)CCCOc1c(C)cccc1C. The van der Waals surface area contributed by atoms with Gasteiger partial charge in [0.05, 0.1) is 6.61 Å². The fourth-order valence-corrected chi connectivity index (χ4v) is 2.32. The summed E-state index contributed by atoms with van der Waals surface area (Å²) in [6, 6.07) is 6.09. The maximum Gasteiger partial charge on any atom is 0.222 e. The van der Waals surface area contributed by atoms with E-state index in [0.29, 0.717) is 32.5 Å². The Labute approximate surface area is 139 Å². The van der Waals surface area contributed by atoms with Crippen molar-refractivity contribution in [3.8, 4) is 5.75 Å². The summed E-state index contributed by atoms with van der Waals surface area (Å²) in [5, 5.41) is 2.69. The van der Waals surface area contributed by atoms with Gasteiger partial charge < -0.3 is 15.0 Å². The molecule has 1 aromatic rings. The van der Waals surface area contributed by atoms with Gasteiger partial charge in [0.15, 0.2) is 0 Å². The molecule has 0 aliphatic heterocycles. The Kier molecular flexibility index (Phi) is 8.16. The van der Waals surface area contributed by atoms with Gasteiger partial charge in [0.25, 0.3) is 0 Å². The molecule has 1 rings (SSSR count). The van der Waals surface area contributed by atoms with Crippen molar-refractivity contribution in [2.45, 2.75) is 40.0 Å². The highest BCUT2D eigenvalue weighted by Crippen LogP contribution is 2.22. The zero-order valence-electron chi connectivity index (χ0n) is 14.6. The van der Waals surface area contributed by atoms with Gasteiger partial charge >= 0.3 is 0 Å². The predicted molar refractivity (Wildman–Crippen MR) is 91.6 cm³/mol. The highest BCUT2D eigenvalue weighted by atomic mass is 16.5. The van der Waals surface area contributed by atoms with E-state index in [1.54, 1.807) is 11.9 Å². The van der Waals surface area contributed by atoms with Crippen molar-refractivity contribution in [2.75, 3.05) is 26.7 Å². The van der Waals surface area contributed by atoms with Gasteiger partial charge in [0.1, 0.15) is 5.75 Å². The van der Waals surface area contributed by atoms with Gasteiger partial charge in [0, 0.05) is 33.5 Å². The Morgan fingerprint density at radius 1 is 1.17 bits per heavy atom. The average Bonchev–Trinajstić information content (AvgIpc) is 2.49. The number of nitrogens with zero attached hydrogens (tertiary/aromatic N) is 1. The normalized spacial score (nSPS) is 10.3. The van der Waals surface area contributed by atoms with E-state index in [1.807, 2.05) is 32.0 Å². The number of hydrogen-bond acceptors (Lipinski definition) is 3. The minimum Gasteiger partial charge on any atom is -0.493 e. The monoisotopic (exact) mass is 320 g/mol. The maximum absolute atomic E-state index is 11.9. The number of benzene rings is 1. The highest BCUT2D eigenvalue weighted by molar-refractivity contribution is 5.76. The zero-order valence-corrected chi connectivity index (χ0v) is 14.6. The van der Waals surface area contributed by atoms with Gasteiger partial charge in [-0.15, -0.1) is 0 Å². The van der Waals surface area contributed by atoms with E-state index >= 15 is 0 Å². The van der Waals surface area contributed by atoms with Crippen LogP contribution < -0.4 is 10.1 Å². The zero-order chi connectivity index (χ0) is 17.2. The van der Waals surface area contributed by atoms with Crippen molar-refractivity contribution < 1.29 is 14.3 Å². The van der Waals surface area contributed by atoms with Crippen LogP contribution in [-0.2, 0) is 9.59 Å². The van der Waals surface area contributed by atoms with Gasteiger partial charge in [-0.1, -0.05) is 18.2 Å². The third kappa shape index (κ3) is 7.17. The smallest absolute Gasteiger partial charge is 0.222 e. The van der Waals surface area contributed by atoms with Crippen LogP contribution in [0.4, 0.5) is 0 Å². The molecule has 0 aliphatic rings. The van der Waals surface area contributed by atoms with E-state index < -0.39 is 0 Å². The summed E-state index contributed by atoms with van der Waals surface area (Å²) in [7, 11) is 1.81. The summed E-state index contributed by atoms with van der Waals surface area (Å²) in [6.07, 6.45) is 1.91. The van der Waals surface area contributed by atoms with Crippen molar-refractivity contribution >= 4 is 11.8 Å². The van der Waals surface area contributed by atoms with Gasteiger partial charge in [0.2, 0.25) is 11.8 Å². The van der Waals surface area contributed by atoms with Crippen LogP contribution in [0.5, 0.6) is 5.75 Å². The summed E-state index contributed by atoms with van der Waals surface area (Å²) in [5.74, 6) is 0.980. The molecule has 0 atom stereocenters. The van der Waals surface area contributed by atoms with E-state index in [1.165, 1.54) is 6.92 Å². The first-order valence-corrected chi connectivity index (χ1v) is 8.09. The molecule has 5 heteroatoms. The molecule has 0 aliphatic carbocycles. The van der Waals surface area contributed by atoms with Crippen LogP contribution in [0.15, 0.2) is 18.2 Å². The van der Waals surface area contributed by atoms with Gasteiger partial charge in [-0.3, -0.25) is 9.59 Å². The number of nitrogens with one attached hydrogen (secondary N) is 1. The van der Waals surface area contributed by atoms with Gasteiger partial charge in [-0.05, 0) is 37.8 Å². The van der Waals surface area contributed by atoms with Gasteiger partial charge in [-0.25, -0.2) is 0 Å². The lowest BCUT2D eigenvalue weighted by Crippen LogP contribution is -2.29. The van der Waals surface area contributed by atoms with Crippen molar-refractivity contribution in [3.05, 3.63) is 29.3 Å². The van der Waals surface area contributed by atoms with E-state index in [9.17, 15) is 9.59 Å². The molecule has 1 aromatic carbocycles. The lowest BCUT2D eigenvalue weighted by molar-refractivity contribution is -0.130. The summed E-state index contributed by atoms with van der Waals surface area (Å²) < 4.78 is 5.84. The van der Waals surface area contributed by atoms with E-state index in [-0.39, 0.29) is 11.8 Å². The molecular formula is C18H28N2O3. The number of rotatable bonds is 9. The van der Waals surface area contributed by atoms with Gasteiger partial charge in [-0.2, -0.15) is 0 Å². The van der Waals surface area contributed by atoms with Crippen molar-refractivity contribution in [1.29, 1.82) is 0 Å². The van der Waals surface area contributed by atoms with E-state index in [2.05, 4.69) is 5.32 Å². The molecule has 0 aromatic heterocycles. The lowest BCUT2D eigenvalue weighted by atomic mass is 10.1. The summed E-state index contributed by atoms with van der Waals surface area (Å²) in [6.45, 7) is 7.36. The van der Waals surface area contributed by atoms with Crippen LogP contribution in [-0.4, -0.2) is 43.5 Å². The first kappa shape index (κ1) is 19.0. The first-order chi connectivity index (χ1) is 10.9. The number of amides is 2. The van der Waals surface area contributed by atoms with Crippen molar-refractivity contribution in [2.24, 2.45) is 0 Å². The number of aryl methyl sites for hydroxylation is 2. The Balaban J connectivity index is 2.22. The third-order valence-corrected chi connectivity index (χ3v) is 3.66. The minimum atomic E-state index is -0.0607. The standard InChI is InChI=1S/C18H28N2O3/c1-14-8-5-9-15(2)18(14)23-13-7-12-20(4)17(22)10-6-11-19-16(3)21/h5,8-9H,6-7,10-13H2,1-4H3,(H,19,21). The minimum absolute atomic E-state index is 0.0607. The van der Waals surface area contributed by atoms with Crippen LogP contribution in [0.1, 0.15) is 37.3 Å². The topological polar surface area (TPSA) is 58.6 Å². The predicted octanol–water partition coefficient (Wildman–Crippen LogP) is 2.45. The summed E-state index contributed by atoms with van der Waals surface area (Å²) in [4.78, 5) is 24.4. The second-order valence-electron chi connectivity index (χ2n) is 5.82. The summed E-state index contributed by atoms with van der Waals surface area (Å²) >= 11 is 0. The third-order valence-electron chi connectivity index (χ3n) is 3.66. The number of carbonyl (C=O) groups is 2. The van der Waals surface area contributed by atoms with Crippen LogP contribution in [0, 0.1) is 13.8 Å². The number of para-hydroxylation sites is 1. The number of hydrogen-bond donors (Lipinski definition) is 1. The quantitative estimate of drug-likeness (QED) is 0.711. The molecule has 23 heavy (non-hydrogen) atoms. The number of carbonyl (C=O) groups excluding carboxylic acids is 2. The number of ether oxygens (including phenoxy) is 1. The maximum atomic E-state index is 11.9. The molecule has 0 saturated heterocycles. The molecule has 5 nitrogen and oxygen atoms in total. The fraction of sp³-hybridized carbons (Fsp3) is 0.556. The second kappa shape index (κ2) is 9.87. The Hall–Kier alpha value is -2.04.